The molecule has 0 fully saturated rings. The second-order valence-corrected chi connectivity index (χ2v) is 5.57. The van der Waals surface area contributed by atoms with Crippen LogP contribution in [0, 0.1) is 0 Å². The first-order chi connectivity index (χ1) is 7.82. The molecule has 0 heterocycles. The Morgan fingerprint density at radius 1 is 1.29 bits per heavy atom. The zero-order valence-corrected chi connectivity index (χ0v) is 10.2. The summed E-state index contributed by atoms with van der Waals surface area (Å²) in [6.45, 7) is 0.873. The predicted octanol–water partition coefficient (Wildman–Crippen LogP) is -0.511. The van der Waals surface area contributed by atoms with Crippen LogP contribution in [0.1, 0.15) is 6.92 Å². The zero-order valence-electron chi connectivity index (χ0n) is 9.42. The van der Waals surface area contributed by atoms with E-state index in [1.807, 2.05) is 0 Å². The van der Waals surface area contributed by atoms with E-state index in [4.69, 9.17) is 15.4 Å². The third kappa shape index (κ3) is 3.40. The van der Waals surface area contributed by atoms with Gasteiger partial charge in [-0.1, -0.05) is 12.1 Å². The average Bonchev–Trinajstić information content (AvgIpc) is 2.28. The molecule has 1 aromatic carbocycles. The van der Waals surface area contributed by atoms with Gasteiger partial charge in [-0.15, -0.1) is 0 Å². The molecule has 0 aliphatic rings. The van der Waals surface area contributed by atoms with Gasteiger partial charge >= 0.3 is 0 Å². The number of rotatable bonds is 5. The molecule has 1 aromatic rings. The lowest BCUT2D eigenvalue weighted by Crippen LogP contribution is -2.43. The first kappa shape index (κ1) is 13.9. The maximum absolute atomic E-state index is 11.3. The largest absolute Gasteiger partial charge is 0.394 e. The van der Waals surface area contributed by atoms with E-state index in [0.717, 1.165) is 0 Å². The molecule has 0 aliphatic heterocycles. The van der Waals surface area contributed by atoms with Gasteiger partial charge in [-0.25, -0.2) is 13.6 Å². The van der Waals surface area contributed by atoms with E-state index in [1.165, 1.54) is 12.1 Å². The molecule has 1 rings (SSSR count). The monoisotopic (exact) mass is 260 g/mol. The minimum Gasteiger partial charge on any atom is -0.394 e. The molecule has 17 heavy (non-hydrogen) atoms. The van der Waals surface area contributed by atoms with Crippen molar-refractivity contribution in [3.63, 3.8) is 0 Å². The van der Waals surface area contributed by atoms with Crippen molar-refractivity contribution in [2.45, 2.75) is 17.4 Å². The number of hydrogen-bond donors (Lipinski definition) is 4. The molecule has 7 heteroatoms. The van der Waals surface area contributed by atoms with Crippen LogP contribution in [-0.2, 0) is 10.0 Å². The van der Waals surface area contributed by atoms with E-state index in [-0.39, 0.29) is 23.8 Å². The van der Waals surface area contributed by atoms with Crippen LogP contribution in [0.5, 0.6) is 0 Å². The minimum absolute atomic E-state index is 0.0758. The number of aliphatic hydroxyl groups is 2. The molecule has 0 radical (unpaired) electrons. The molecular weight excluding hydrogens is 244 g/mol. The highest BCUT2D eigenvalue weighted by atomic mass is 32.2. The van der Waals surface area contributed by atoms with E-state index in [1.54, 1.807) is 19.1 Å². The normalized spacial score (nSPS) is 12.5. The standard InChI is InChI=1S/C10H16N2O4S/c1-10(6-13,7-14)12-8-4-2-3-5-9(8)17(11,15)16/h2-5,12-14H,6-7H2,1H3,(H2,11,15,16). The number of primary sulfonamides is 1. The van der Waals surface area contributed by atoms with Crippen LogP contribution in [0.4, 0.5) is 5.69 Å². The Morgan fingerprint density at radius 2 is 1.82 bits per heavy atom. The summed E-state index contributed by atoms with van der Waals surface area (Å²) in [4.78, 5) is -0.0758. The summed E-state index contributed by atoms with van der Waals surface area (Å²) in [5.41, 5.74) is -0.763. The van der Waals surface area contributed by atoms with Gasteiger partial charge in [-0.3, -0.25) is 0 Å². The lowest BCUT2D eigenvalue weighted by molar-refractivity contribution is 0.147. The topological polar surface area (TPSA) is 113 Å². The third-order valence-corrected chi connectivity index (χ3v) is 3.30. The zero-order chi connectivity index (χ0) is 13.1. The van der Waals surface area contributed by atoms with Crippen molar-refractivity contribution in [2.24, 2.45) is 5.14 Å². The Hall–Kier alpha value is -1.15. The molecule has 0 amide bonds. The van der Waals surface area contributed by atoms with Crippen LogP contribution in [0.2, 0.25) is 0 Å². The molecule has 6 nitrogen and oxygen atoms in total. The minimum atomic E-state index is -3.85. The summed E-state index contributed by atoms with van der Waals surface area (Å²) in [5.74, 6) is 0. The molecule has 0 aromatic heterocycles. The van der Waals surface area contributed by atoms with Crippen LogP contribution in [-0.4, -0.2) is 37.4 Å². The highest BCUT2D eigenvalue weighted by molar-refractivity contribution is 7.89. The van der Waals surface area contributed by atoms with E-state index in [9.17, 15) is 8.42 Å². The summed E-state index contributed by atoms with van der Waals surface area (Å²) in [5, 5.41) is 26.1. The van der Waals surface area contributed by atoms with Gasteiger partial charge in [0, 0.05) is 0 Å². The van der Waals surface area contributed by atoms with Crippen molar-refractivity contribution in [3.05, 3.63) is 24.3 Å². The third-order valence-electron chi connectivity index (χ3n) is 2.33. The van der Waals surface area contributed by atoms with Gasteiger partial charge in [0.1, 0.15) is 4.90 Å². The molecule has 0 atom stereocenters. The molecule has 0 unspecified atom stereocenters. The molecule has 0 saturated heterocycles. The second-order valence-electron chi connectivity index (χ2n) is 4.04. The van der Waals surface area contributed by atoms with Crippen LogP contribution >= 0.6 is 0 Å². The summed E-state index contributed by atoms with van der Waals surface area (Å²) < 4.78 is 22.7. The molecule has 0 spiro atoms. The van der Waals surface area contributed by atoms with E-state index in [2.05, 4.69) is 5.32 Å². The quantitative estimate of drug-likeness (QED) is 0.569. The first-order valence-electron chi connectivity index (χ1n) is 4.94. The summed E-state index contributed by atoms with van der Waals surface area (Å²) in [6, 6.07) is 6.04. The SMILES string of the molecule is CC(CO)(CO)Nc1ccccc1S(N)(=O)=O. The van der Waals surface area contributed by atoms with Gasteiger partial charge in [0.2, 0.25) is 10.0 Å². The molecule has 96 valence electrons. The Morgan fingerprint density at radius 3 is 2.29 bits per heavy atom. The Kier molecular flexibility index (Phi) is 4.10. The van der Waals surface area contributed by atoms with Gasteiger partial charge in [0.15, 0.2) is 0 Å². The van der Waals surface area contributed by atoms with Crippen molar-refractivity contribution in [1.82, 2.24) is 0 Å². The molecule has 0 bridgehead atoms. The van der Waals surface area contributed by atoms with Crippen molar-refractivity contribution < 1.29 is 18.6 Å². The van der Waals surface area contributed by atoms with Gasteiger partial charge in [0.25, 0.3) is 0 Å². The lowest BCUT2D eigenvalue weighted by Gasteiger charge is -2.28. The maximum atomic E-state index is 11.3. The number of nitrogens with two attached hydrogens (primary N) is 1. The van der Waals surface area contributed by atoms with Crippen LogP contribution in [0.25, 0.3) is 0 Å². The van der Waals surface area contributed by atoms with Gasteiger partial charge in [-0.05, 0) is 19.1 Å². The van der Waals surface area contributed by atoms with Crippen molar-refractivity contribution in [3.8, 4) is 0 Å². The number of anilines is 1. The van der Waals surface area contributed by atoms with Crippen LogP contribution in [0.15, 0.2) is 29.2 Å². The lowest BCUT2D eigenvalue weighted by atomic mass is 10.1. The number of sulfonamides is 1. The summed E-state index contributed by atoms with van der Waals surface area (Å²) >= 11 is 0. The van der Waals surface area contributed by atoms with Crippen molar-refractivity contribution in [2.75, 3.05) is 18.5 Å². The van der Waals surface area contributed by atoms with E-state index >= 15 is 0 Å². The first-order valence-corrected chi connectivity index (χ1v) is 6.49. The Balaban J connectivity index is 3.16. The Labute approximate surface area is 100 Å². The predicted molar refractivity (Wildman–Crippen MR) is 64.0 cm³/mol. The number of hydrogen-bond acceptors (Lipinski definition) is 5. The van der Waals surface area contributed by atoms with E-state index < -0.39 is 15.6 Å². The van der Waals surface area contributed by atoms with Gasteiger partial charge in [-0.2, -0.15) is 0 Å². The fraction of sp³-hybridized carbons (Fsp3) is 0.400. The van der Waals surface area contributed by atoms with Crippen LogP contribution in [0.3, 0.4) is 0 Å². The number of aliphatic hydroxyl groups excluding tert-OH is 2. The van der Waals surface area contributed by atoms with Crippen molar-refractivity contribution >= 4 is 15.7 Å². The van der Waals surface area contributed by atoms with E-state index in [0.29, 0.717) is 0 Å². The summed E-state index contributed by atoms with van der Waals surface area (Å²) in [6.07, 6.45) is 0. The highest BCUT2D eigenvalue weighted by Gasteiger charge is 2.24. The second kappa shape index (κ2) is 5.01. The number of benzene rings is 1. The van der Waals surface area contributed by atoms with Crippen molar-refractivity contribution in [1.29, 1.82) is 0 Å². The fourth-order valence-corrected chi connectivity index (χ4v) is 1.97. The van der Waals surface area contributed by atoms with Gasteiger partial charge < -0.3 is 15.5 Å². The smallest absolute Gasteiger partial charge is 0.240 e. The maximum Gasteiger partial charge on any atom is 0.240 e. The number of nitrogens with one attached hydrogen (secondary N) is 1. The van der Waals surface area contributed by atoms with Crippen LogP contribution < -0.4 is 10.5 Å². The average molecular weight is 260 g/mol. The summed E-state index contributed by atoms with van der Waals surface area (Å²) in [7, 11) is -3.85. The molecular formula is C10H16N2O4S. The molecule has 5 N–H and O–H groups in total. The Bertz CT molecular complexity index is 483. The highest BCUT2D eigenvalue weighted by Crippen LogP contribution is 2.22. The van der Waals surface area contributed by atoms with Gasteiger partial charge in [0.05, 0.1) is 24.4 Å². The molecule has 0 saturated carbocycles. The molecule has 0 aliphatic carbocycles. The number of para-hydroxylation sites is 1. The fourth-order valence-electron chi connectivity index (χ4n) is 1.27.